The van der Waals surface area contributed by atoms with Gasteiger partial charge in [0, 0.05) is 27.7 Å². The molecule has 0 saturated heterocycles. The normalized spacial score (nSPS) is 13.6. The molecule has 12 rings (SSSR count). The number of para-hydroxylation sites is 4. The monoisotopic (exact) mass is 1010 g/mol. The van der Waals surface area contributed by atoms with Gasteiger partial charge >= 0.3 is 285 Å². The summed E-state index contributed by atoms with van der Waals surface area (Å²) >= 11 is 2.38. The Labute approximate surface area is 386 Å². The van der Waals surface area contributed by atoms with Crippen LogP contribution in [0.2, 0.25) is 0 Å². The quantitative estimate of drug-likeness (QED) is 0.161. The van der Waals surface area contributed by atoms with Gasteiger partial charge in [0.25, 0.3) is 0 Å². The first kappa shape index (κ1) is 35.7. The number of pyridine rings is 1. The van der Waals surface area contributed by atoms with Crippen molar-refractivity contribution in [3.63, 3.8) is 0 Å². The fourth-order valence-corrected chi connectivity index (χ4v) is 10.7. The topological polar surface area (TPSA) is 41.3 Å². The molecular formula is C57H45N5OPt-2. The van der Waals surface area contributed by atoms with E-state index in [2.05, 4.69) is 182 Å². The summed E-state index contributed by atoms with van der Waals surface area (Å²) in [7, 11) is 0. The molecule has 0 aliphatic carbocycles. The second kappa shape index (κ2) is 13.9. The van der Waals surface area contributed by atoms with Crippen molar-refractivity contribution in [2.45, 2.75) is 59.2 Å². The van der Waals surface area contributed by atoms with Crippen LogP contribution < -0.4 is 4.74 Å². The van der Waals surface area contributed by atoms with Gasteiger partial charge in [-0.2, -0.15) is 0 Å². The number of benzene rings is 7. The molecule has 0 radical (unpaired) electrons. The zero-order valence-corrected chi connectivity index (χ0v) is 38.6. The van der Waals surface area contributed by atoms with Crippen molar-refractivity contribution in [3.8, 4) is 28.7 Å². The van der Waals surface area contributed by atoms with Crippen LogP contribution in [0.4, 0.5) is 0 Å². The van der Waals surface area contributed by atoms with E-state index in [0.29, 0.717) is 11.4 Å². The number of rotatable bonds is 5. The first-order valence-corrected chi connectivity index (χ1v) is 22.8. The second-order valence-electron chi connectivity index (χ2n) is 18.9. The fraction of sp³-hybridized carbons (Fsp3) is 0.158. The van der Waals surface area contributed by atoms with Crippen molar-refractivity contribution >= 4 is 70.9 Å². The molecule has 7 heteroatoms. The molecule has 0 N–H and O–H groups in total. The number of imidazole rings is 1. The average molecular weight is 1010 g/mol. The Balaban J connectivity index is 1.04. The van der Waals surface area contributed by atoms with Crippen molar-refractivity contribution < 1.29 is 28.2 Å². The van der Waals surface area contributed by atoms with Crippen LogP contribution in [0, 0.1) is 22.8 Å². The molecule has 5 aromatic heterocycles. The molecule has 0 aliphatic rings. The van der Waals surface area contributed by atoms with Gasteiger partial charge in [-0.25, -0.2) is 0 Å². The van der Waals surface area contributed by atoms with Crippen LogP contribution in [0.1, 0.15) is 62.3 Å². The molecule has 0 bridgehead atoms. The smallest absolute Gasteiger partial charge is 0.0570 e. The summed E-state index contributed by atoms with van der Waals surface area (Å²) in [5.41, 5.74) is 11.3. The molecular weight excluding hydrogens is 966 g/mol. The van der Waals surface area contributed by atoms with Crippen LogP contribution in [-0.4, -0.2) is 23.1 Å². The standard InChI is InChI=1S/C57H45N5O.Pt/c1-35-22-23-38(59-34-60(49-20-11-10-19-48(49)59)39-28-36(56(2,3)4)27-37(29-39)57(5,6)7)30-53(35)63-40-24-25-42-45-32-46-44-17-14-16-43-41-15-8-9-18-47(41)62(55(43)44)52(46)33-51(45)61(50(42)31-40)54-21-12-13-26-58-54;/h8-29,32-33H,1-7H3;/q-2;/i1D3;. The van der Waals surface area contributed by atoms with Crippen LogP contribution in [0.5, 0.6) is 11.5 Å². The molecule has 316 valence electrons. The van der Waals surface area contributed by atoms with Crippen molar-refractivity contribution in [2.24, 2.45) is 0 Å². The van der Waals surface area contributed by atoms with E-state index in [-0.39, 0.29) is 22.1 Å². The number of hydrogen-bond donors (Lipinski definition) is 0. The summed E-state index contributed by atoms with van der Waals surface area (Å²) < 4.78 is 42.4. The van der Waals surface area contributed by atoms with Crippen LogP contribution in [0.15, 0.2) is 146 Å². The van der Waals surface area contributed by atoms with Crippen LogP contribution in [0.3, 0.4) is 0 Å². The zero-order valence-electron chi connectivity index (χ0n) is 39.3. The number of aromatic nitrogens is 5. The van der Waals surface area contributed by atoms with E-state index in [1.54, 1.807) is 12.3 Å². The molecule has 0 spiro atoms. The minimum atomic E-state index is -2.48. The Morgan fingerprint density at radius 1 is 0.562 bits per heavy atom. The number of aryl methyl sites for hydroxylation is 1. The van der Waals surface area contributed by atoms with Crippen molar-refractivity contribution in [1.82, 2.24) is 23.1 Å². The third-order valence-corrected chi connectivity index (χ3v) is 13.8. The zero-order chi connectivity index (χ0) is 46.3. The van der Waals surface area contributed by atoms with E-state index in [4.69, 9.17) is 13.8 Å². The minimum Gasteiger partial charge on any atom is -0.0570 e. The van der Waals surface area contributed by atoms with E-state index in [0.717, 1.165) is 64.6 Å². The van der Waals surface area contributed by atoms with Gasteiger partial charge in [0.2, 0.25) is 0 Å². The molecule has 0 fully saturated rings. The van der Waals surface area contributed by atoms with Gasteiger partial charge < -0.3 is 4.40 Å². The van der Waals surface area contributed by atoms with Gasteiger partial charge in [-0.15, -0.1) is 0 Å². The van der Waals surface area contributed by atoms with Gasteiger partial charge in [-0.05, 0) is 12.1 Å². The van der Waals surface area contributed by atoms with E-state index >= 15 is 0 Å². The van der Waals surface area contributed by atoms with E-state index in [9.17, 15) is 0 Å². The first-order valence-electron chi connectivity index (χ1n) is 23.1. The average Bonchev–Trinajstić information content (AvgIpc) is 4.01. The molecule has 0 saturated carbocycles. The molecule has 0 atom stereocenters. The predicted octanol–water partition coefficient (Wildman–Crippen LogP) is 14.4. The number of fused-ring (bicyclic) bond motifs is 10. The SMILES string of the molecule is [2H]C([2H])([2H])c1ccc(-n2[c](=[Pt])n(-c3cc(C(C)(C)C)cc(C(C)(C)C)c3)c3ccccc32)[c-]c1Oc1[c-]c2c(cc1)c1cc3c4cccc5c6ccccc6n(c3cc1n2-c1ccccn1)c54. The number of nitrogens with zero attached hydrogens (tertiary/aromatic N) is 5. The molecule has 5 heterocycles. The summed E-state index contributed by atoms with van der Waals surface area (Å²) in [5, 5.41) is 6.85. The molecule has 12 aromatic rings. The van der Waals surface area contributed by atoms with Crippen LogP contribution in [0.25, 0.3) is 88.1 Å². The molecule has 0 unspecified atom stereocenters. The van der Waals surface area contributed by atoms with Gasteiger partial charge in [0.1, 0.15) is 0 Å². The molecule has 6 nitrogen and oxygen atoms in total. The number of hydrogen-bond acceptors (Lipinski definition) is 2. The Hall–Kier alpha value is -6.75. The van der Waals surface area contributed by atoms with Gasteiger partial charge in [0.05, 0.1) is 16.6 Å². The first-order chi connectivity index (χ1) is 32.0. The Kier molecular flexibility index (Phi) is 7.73. The minimum absolute atomic E-state index is 0.0580. The van der Waals surface area contributed by atoms with Gasteiger partial charge in [-0.1, -0.05) is 42.5 Å². The maximum atomic E-state index is 8.63. The number of ether oxygens (including phenoxy) is 1. The fourth-order valence-electron chi connectivity index (χ4n) is 9.60. The summed E-state index contributed by atoms with van der Waals surface area (Å²) in [5.74, 6) is 1.20. The second-order valence-corrected chi connectivity index (χ2v) is 19.9. The predicted molar refractivity (Wildman–Crippen MR) is 259 cm³/mol. The van der Waals surface area contributed by atoms with Gasteiger partial charge in [0.15, 0.2) is 0 Å². The summed E-state index contributed by atoms with van der Waals surface area (Å²) in [6.45, 7) is 11.0. The van der Waals surface area contributed by atoms with E-state index in [1.807, 2.05) is 42.5 Å². The summed E-state index contributed by atoms with van der Waals surface area (Å²) in [6, 6.07) is 55.2. The van der Waals surface area contributed by atoms with Crippen molar-refractivity contribution in [2.75, 3.05) is 0 Å². The van der Waals surface area contributed by atoms with Crippen LogP contribution >= 0.6 is 0 Å². The third-order valence-electron chi connectivity index (χ3n) is 12.8. The van der Waals surface area contributed by atoms with Crippen molar-refractivity contribution in [1.29, 1.82) is 0 Å². The van der Waals surface area contributed by atoms with Gasteiger partial charge in [-0.3, -0.25) is 0 Å². The molecule has 7 aromatic carbocycles. The molecule has 64 heavy (non-hydrogen) atoms. The Morgan fingerprint density at radius 2 is 1.23 bits per heavy atom. The molecule has 0 aliphatic heterocycles. The summed E-state index contributed by atoms with van der Waals surface area (Å²) in [6.07, 6.45) is 1.80. The summed E-state index contributed by atoms with van der Waals surface area (Å²) in [4.78, 5) is 4.84. The van der Waals surface area contributed by atoms with E-state index in [1.165, 1.54) is 32.8 Å². The van der Waals surface area contributed by atoms with Crippen LogP contribution in [-0.2, 0) is 30.2 Å². The Bertz CT molecular complexity index is 4020. The van der Waals surface area contributed by atoms with E-state index < -0.39 is 6.85 Å². The molecule has 0 amide bonds. The third kappa shape index (κ3) is 5.81. The van der Waals surface area contributed by atoms with Crippen molar-refractivity contribution in [3.05, 3.63) is 178 Å². The Morgan fingerprint density at radius 3 is 1.95 bits per heavy atom. The maximum absolute atomic E-state index is 8.63.